The Morgan fingerprint density at radius 1 is 1.35 bits per heavy atom. The standard InChI is InChI=1S/C14H21N3/c1-10(2)14(3,4)8-17-9-16-12-7-11(15)5-6-13(12)17/h5-7,9-10H,8,15H2,1-4H3. The lowest BCUT2D eigenvalue weighted by molar-refractivity contribution is 0.212. The SMILES string of the molecule is CC(C)C(C)(C)Cn1cnc2cc(N)ccc21. The van der Waals surface area contributed by atoms with Gasteiger partial charge in [-0.2, -0.15) is 0 Å². The fourth-order valence-corrected chi connectivity index (χ4v) is 1.83. The predicted molar refractivity (Wildman–Crippen MR) is 72.8 cm³/mol. The Bertz CT molecular complexity index is 523. The van der Waals surface area contributed by atoms with Crippen molar-refractivity contribution in [3.8, 4) is 0 Å². The maximum Gasteiger partial charge on any atom is 0.0958 e. The van der Waals surface area contributed by atoms with E-state index in [0.29, 0.717) is 5.92 Å². The lowest BCUT2D eigenvalue weighted by atomic mass is 9.81. The Morgan fingerprint density at radius 3 is 2.71 bits per heavy atom. The number of hydrogen-bond donors (Lipinski definition) is 1. The van der Waals surface area contributed by atoms with Crippen LogP contribution in [-0.4, -0.2) is 9.55 Å². The molecule has 0 fully saturated rings. The van der Waals surface area contributed by atoms with Crippen LogP contribution in [0.1, 0.15) is 27.7 Å². The zero-order valence-corrected chi connectivity index (χ0v) is 11.1. The molecule has 0 amide bonds. The molecule has 17 heavy (non-hydrogen) atoms. The van der Waals surface area contributed by atoms with Crippen LogP contribution in [0, 0.1) is 11.3 Å². The second-order valence-corrected chi connectivity index (χ2v) is 5.76. The van der Waals surface area contributed by atoms with Gasteiger partial charge in [0, 0.05) is 12.2 Å². The van der Waals surface area contributed by atoms with Crippen molar-refractivity contribution in [3.05, 3.63) is 24.5 Å². The van der Waals surface area contributed by atoms with Crippen LogP contribution in [0.4, 0.5) is 5.69 Å². The minimum Gasteiger partial charge on any atom is -0.399 e. The van der Waals surface area contributed by atoms with Crippen molar-refractivity contribution in [1.82, 2.24) is 9.55 Å². The Morgan fingerprint density at radius 2 is 2.06 bits per heavy atom. The molecule has 0 aliphatic heterocycles. The molecule has 0 bridgehead atoms. The van der Waals surface area contributed by atoms with E-state index in [2.05, 4.69) is 37.2 Å². The number of fused-ring (bicyclic) bond motifs is 1. The summed E-state index contributed by atoms with van der Waals surface area (Å²) in [7, 11) is 0. The van der Waals surface area contributed by atoms with Crippen LogP contribution < -0.4 is 5.73 Å². The van der Waals surface area contributed by atoms with Crippen LogP contribution >= 0.6 is 0 Å². The largest absolute Gasteiger partial charge is 0.399 e. The molecule has 3 nitrogen and oxygen atoms in total. The second-order valence-electron chi connectivity index (χ2n) is 5.76. The van der Waals surface area contributed by atoms with Crippen LogP contribution in [0.15, 0.2) is 24.5 Å². The van der Waals surface area contributed by atoms with E-state index in [-0.39, 0.29) is 5.41 Å². The highest BCUT2D eigenvalue weighted by Gasteiger charge is 2.23. The molecule has 2 aromatic rings. The van der Waals surface area contributed by atoms with Crippen LogP contribution in [0.3, 0.4) is 0 Å². The van der Waals surface area contributed by atoms with Gasteiger partial charge in [-0.3, -0.25) is 0 Å². The number of aromatic nitrogens is 2. The molecule has 2 rings (SSSR count). The van der Waals surface area contributed by atoms with Crippen LogP contribution in [0.25, 0.3) is 11.0 Å². The third-order valence-corrected chi connectivity index (χ3v) is 3.79. The first-order valence-electron chi connectivity index (χ1n) is 6.10. The summed E-state index contributed by atoms with van der Waals surface area (Å²) in [6.45, 7) is 10.1. The molecule has 1 heterocycles. The van der Waals surface area contributed by atoms with Crippen molar-refractivity contribution in [2.45, 2.75) is 34.2 Å². The molecule has 0 atom stereocenters. The number of imidazole rings is 1. The molecule has 0 saturated heterocycles. The monoisotopic (exact) mass is 231 g/mol. The van der Waals surface area contributed by atoms with Gasteiger partial charge in [0.05, 0.1) is 17.4 Å². The number of rotatable bonds is 3. The first-order valence-corrected chi connectivity index (χ1v) is 6.10. The number of nitrogens with zero attached hydrogens (tertiary/aromatic N) is 2. The molecular formula is C14H21N3. The average molecular weight is 231 g/mol. The maximum absolute atomic E-state index is 5.76. The average Bonchev–Trinajstić information content (AvgIpc) is 2.60. The predicted octanol–water partition coefficient (Wildman–Crippen LogP) is 3.30. The van der Waals surface area contributed by atoms with Gasteiger partial charge in [0.2, 0.25) is 0 Å². The minimum absolute atomic E-state index is 0.259. The topological polar surface area (TPSA) is 43.8 Å². The molecule has 2 N–H and O–H groups in total. The Labute approximate surface area is 103 Å². The van der Waals surface area contributed by atoms with Crippen molar-refractivity contribution in [3.63, 3.8) is 0 Å². The van der Waals surface area contributed by atoms with Gasteiger partial charge in [0.1, 0.15) is 0 Å². The number of nitrogen functional groups attached to an aromatic ring is 1. The van der Waals surface area contributed by atoms with Gasteiger partial charge in [-0.25, -0.2) is 4.98 Å². The highest BCUT2D eigenvalue weighted by molar-refractivity contribution is 5.78. The van der Waals surface area contributed by atoms with Gasteiger partial charge in [-0.05, 0) is 29.5 Å². The van der Waals surface area contributed by atoms with Crippen molar-refractivity contribution >= 4 is 16.7 Å². The minimum atomic E-state index is 0.259. The van der Waals surface area contributed by atoms with E-state index in [0.717, 1.165) is 23.3 Å². The van der Waals surface area contributed by atoms with E-state index in [1.54, 1.807) is 0 Å². The van der Waals surface area contributed by atoms with Crippen molar-refractivity contribution in [1.29, 1.82) is 0 Å². The highest BCUT2D eigenvalue weighted by Crippen LogP contribution is 2.29. The fourth-order valence-electron chi connectivity index (χ4n) is 1.83. The smallest absolute Gasteiger partial charge is 0.0958 e. The maximum atomic E-state index is 5.76. The van der Waals surface area contributed by atoms with Gasteiger partial charge in [-0.15, -0.1) is 0 Å². The Hall–Kier alpha value is -1.51. The molecule has 0 radical (unpaired) electrons. The van der Waals surface area contributed by atoms with Crippen molar-refractivity contribution < 1.29 is 0 Å². The molecule has 0 aliphatic carbocycles. The highest BCUT2D eigenvalue weighted by atomic mass is 15.0. The molecule has 0 spiro atoms. The summed E-state index contributed by atoms with van der Waals surface area (Å²) in [5.41, 5.74) is 8.92. The number of benzene rings is 1. The summed E-state index contributed by atoms with van der Waals surface area (Å²) in [5.74, 6) is 0.633. The first kappa shape index (κ1) is 12.0. The van der Waals surface area contributed by atoms with Gasteiger partial charge in [-0.1, -0.05) is 27.7 Å². The third kappa shape index (κ3) is 2.28. The quantitative estimate of drug-likeness (QED) is 0.824. The second kappa shape index (κ2) is 4.06. The molecule has 92 valence electrons. The molecule has 1 aromatic carbocycles. The van der Waals surface area contributed by atoms with Crippen LogP contribution in [-0.2, 0) is 6.54 Å². The van der Waals surface area contributed by atoms with Crippen LogP contribution in [0.5, 0.6) is 0 Å². The molecule has 0 saturated carbocycles. The number of anilines is 1. The van der Waals surface area contributed by atoms with E-state index in [4.69, 9.17) is 5.73 Å². The van der Waals surface area contributed by atoms with Gasteiger partial charge in [0.15, 0.2) is 0 Å². The fraction of sp³-hybridized carbons (Fsp3) is 0.500. The number of nitrogens with two attached hydrogens (primary N) is 1. The summed E-state index contributed by atoms with van der Waals surface area (Å²) in [6.07, 6.45) is 1.91. The van der Waals surface area contributed by atoms with E-state index in [1.165, 1.54) is 0 Å². The van der Waals surface area contributed by atoms with Crippen LogP contribution in [0.2, 0.25) is 0 Å². The first-order chi connectivity index (χ1) is 7.90. The zero-order chi connectivity index (χ0) is 12.6. The normalized spacial score (nSPS) is 12.5. The lowest BCUT2D eigenvalue weighted by Crippen LogP contribution is -2.25. The summed E-state index contributed by atoms with van der Waals surface area (Å²) in [6, 6.07) is 5.91. The van der Waals surface area contributed by atoms with Crippen molar-refractivity contribution in [2.75, 3.05) is 5.73 Å². The lowest BCUT2D eigenvalue weighted by Gasteiger charge is -2.29. The van der Waals surface area contributed by atoms with E-state index in [9.17, 15) is 0 Å². The summed E-state index contributed by atoms with van der Waals surface area (Å²) in [5, 5.41) is 0. The molecular weight excluding hydrogens is 210 g/mol. The van der Waals surface area contributed by atoms with Gasteiger partial charge in [0.25, 0.3) is 0 Å². The molecule has 3 heteroatoms. The molecule has 1 aromatic heterocycles. The third-order valence-electron chi connectivity index (χ3n) is 3.79. The summed E-state index contributed by atoms with van der Waals surface area (Å²) >= 11 is 0. The summed E-state index contributed by atoms with van der Waals surface area (Å²) < 4.78 is 2.22. The van der Waals surface area contributed by atoms with Gasteiger partial charge < -0.3 is 10.3 Å². The van der Waals surface area contributed by atoms with Crippen molar-refractivity contribution in [2.24, 2.45) is 11.3 Å². The Balaban J connectivity index is 2.37. The number of hydrogen-bond acceptors (Lipinski definition) is 2. The molecule has 0 aliphatic rings. The molecule has 0 unspecified atom stereocenters. The zero-order valence-electron chi connectivity index (χ0n) is 11.1. The van der Waals surface area contributed by atoms with E-state index < -0.39 is 0 Å². The van der Waals surface area contributed by atoms with E-state index >= 15 is 0 Å². The van der Waals surface area contributed by atoms with E-state index in [1.807, 2.05) is 24.5 Å². The summed E-state index contributed by atoms with van der Waals surface area (Å²) in [4.78, 5) is 4.41. The Kier molecular flexibility index (Phi) is 2.86. The van der Waals surface area contributed by atoms with Gasteiger partial charge >= 0.3 is 0 Å².